The third-order valence-electron chi connectivity index (χ3n) is 5.46. The predicted octanol–water partition coefficient (Wildman–Crippen LogP) is 3.24. The lowest BCUT2D eigenvalue weighted by Gasteiger charge is -2.30. The van der Waals surface area contributed by atoms with Gasteiger partial charge < -0.3 is 10.1 Å². The summed E-state index contributed by atoms with van der Waals surface area (Å²) in [4.78, 5) is 11.7. The number of imidazole rings is 1. The van der Waals surface area contributed by atoms with E-state index in [1.54, 1.807) is 13.3 Å². The van der Waals surface area contributed by atoms with E-state index in [9.17, 15) is 0 Å². The van der Waals surface area contributed by atoms with Crippen molar-refractivity contribution in [3.8, 4) is 11.3 Å². The number of hydrogen-bond acceptors (Lipinski definition) is 8. The fraction of sp³-hybridized carbons (Fsp3) is 0.400. The molecule has 2 N–H and O–H groups in total. The van der Waals surface area contributed by atoms with Gasteiger partial charge in [0.1, 0.15) is 5.00 Å². The minimum atomic E-state index is 0.394. The van der Waals surface area contributed by atoms with Gasteiger partial charge in [0.2, 0.25) is 0 Å². The standard InChI is InChI=1S/C20H24N8OS/c1-13-11-28-17(14-8-22-23-9-14)10-21-20(28)19(24-13)25-18-7-15(26-30-18)12-27-5-3-16(29-2)4-6-27/h7-11,16H,3-6,12H2,1-2H3,(H,22,23)(H,24,25). The van der Waals surface area contributed by atoms with Crippen LogP contribution < -0.4 is 5.32 Å². The third kappa shape index (κ3) is 3.81. The molecule has 0 unspecified atom stereocenters. The zero-order valence-electron chi connectivity index (χ0n) is 17.0. The highest BCUT2D eigenvalue weighted by Gasteiger charge is 2.20. The van der Waals surface area contributed by atoms with E-state index in [2.05, 4.69) is 40.8 Å². The SMILES string of the molecule is COC1CCN(Cc2cc(Nc3nc(C)cn4c(-c5cn[nH]c5)cnc34)sn2)CC1. The Morgan fingerprint density at radius 3 is 2.93 bits per heavy atom. The molecule has 0 saturated carbocycles. The van der Waals surface area contributed by atoms with Crippen molar-refractivity contribution >= 4 is 28.0 Å². The molecular weight excluding hydrogens is 400 g/mol. The summed E-state index contributed by atoms with van der Waals surface area (Å²) in [5.74, 6) is 0.723. The quantitative estimate of drug-likeness (QED) is 0.490. The van der Waals surface area contributed by atoms with E-state index in [1.165, 1.54) is 11.5 Å². The van der Waals surface area contributed by atoms with E-state index in [1.807, 2.05) is 29.9 Å². The molecule has 4 aromatic rings. The number of aryl methyl sites for hydroxylation is 1. The minimum Gasteiger partial charge on any atom is -0.381 e. The molecule has 0 atom stereocenters. The van der Waals surface area contributed by atoms with E-state index in [4.69, 9.17) is 4.74 Å². The van der Waals surface area contributed by atoms with Gasteiger partial charge in [-0.1, -0.05) is 0 Å². The zero-order chi connectivity index (χ0) is 20.5. The summed E-state index contributed by atoms with van der Waals surface area (Å²) in [6.45, 7) is 4.93. The van der Waals surface area contributed by atoms with Gasteiger partial charge in [0, 0.05) is 44.7 Å². The number of aromatic nitrogens is 6. The molecule has 0 spiro atoms. The van der Waals surface area contributed by atoms with Crippen LogP contribution in [0, 0.1) is 6.92 Å². The van der Waals surface area contributed by atoms with Crippen molar-refractivity contribution in [1.29, 1.82) is 0 Å². The molecule has 5 rings (SSSR count). The van der Waals surface area contributed by atoms with Crippen LogP contribution in [0.2, 0.25) is 0 Å². The second-order valence-corrected chi connectivity index (χ2v) is 8.38. The number of methoxy groups -OCH3 is 1. The molecule has 0 radical (unpaired) electrons. The lowest BCUT2D eigenvalue weighted by atomic mass is 10.1. The second kappa shape index (κ2) is 8.13. The van der Waals surface area contributed by atoms with Gasteiger partial charge in [0.25, 0.3) is 0 Å². The van der Waals surface area contributed by atoms with Crippen molar-refractivity contribution in [2.24, 2.45) is 0 Å². The van der Waals surface area contributed by atoms with Crippen molar-refractivity contribution < 1.29 is 4.74 Å². The maximum absolute atomic E-state index is 5.46. The molecule has 0 bridgehead atoms. The number of H-pyrrole nitrogens is 1. The van der Waals surface area contributed by atoms with Crippen LogP contribution in [0.25, 0.3) is 16.9 Å². The van der Waals surface area contributed by atoms with Crippen LogP contribution in [0.3, 0.4) is 0 Å². The topological polar surface area (TPSA) is 96.3 Å². The summed E-state index contributed by atoms with van der Waals surface area (Å²) in [6, 6.07) is 2.10. The normalized spacial score (nSPS) is 15.8. The number of nitrogens with zero attached hydrogens (tertiary/aromatic N) is 6. The molecule has 0 aliphatic carbocycles. The van der Waals surface area contributed by atoms with Gasteiger partial charge in [-0.05, 0) is 37.4 Å². The van der Waals surface area contributed by atoms with Gasteiger partial charge in [0.15, 0.2) is 11.5 Å². The number of fused-ring (bicyclic) bond motifs is 1. The number of piperidine rings is 1. The van der Waals surface area contributed by atoms with Crippen LogP contribution in [0.15, 0.2) is 30.9 Å². The van der Waals surface area contributed by atoms with E-state index in [-0.39, 0.29) is 0 Å². The second-order valence-electron chi connectivity index (χ2n) is 7.57. The summed E-state index contributed by atoms with van der Waals surface area (Å²) in [5, 5.41) is 11.3. The Hall–Kier alpha value is -2.82. The highest BCUT2D eigenvalue weighted by molar-refractivity contribution is 7.10. The van der Waals surface area contributed by atoms with Crippen LogP contribution in [0.1, 0.15) is 24.2 Å². The van der Waals surface area contributed by atoms with Gasteiger partial charge in [-0.2, -0.15) is 9.47 Å². The first-order valence-corrected chi connectivity index (χ1v) is 10.8. The van der Waals surface area contributed by atoms with Gasteiger partial charge in [-0.25, -0.2) is 9.97 Å². The number of hydrogen-bond donors (Lipinski definition) is 2. The molecule has 0 aromatic carbocycles. The molecule has 10 heteroatoms. The smallest absolute Gasteiger partial charge is 0.180 e. The molecule has 1 saturated heterocycles. The molecule has 30 heavy (non-hydrogen) atoms. The largest absolute Gasteiger partial charge is 0.381 e. The van der Waals surface area contributed by atoms with Crippen molar-refractivity contribution in [3.05, 3.63) is 42.2 Å². The number of likely N-dealkylation sites (tertiary alicyclic amines) is 1. The molecule has 0 amide bonds. The summed E-state index contributed by atoms with van der Waals surface area (Å²) in [7, 11) is 1.80. The predicted molar refractivity (Wildman–Crippen MR) is 116 cm³/mol. The zero-order valence-corrected chi connectivity index (χ0v) is 17.8. The summed E-state index contributed by atoms with van der Waals surface area (Å²) >= 11 is 1.45. The van der Waals surface area contributed by atoms with Crippen molar-refractivity contribution in [2.75, 3.05) is 25.5 Å². The monoisotopic (exact) mass is 424 g/mol. The Morgan fingerprint density at radius 2 is 2.17 bits per heavy atom. The average Bonchev–Trinajstić information content (AvgIpc) is 3.49. The Kier molecular flexibility index (Phi) is 5.19. The number of rotatable bonds is 6. The minimum absolute atomic E-state index is 0.394. The summed E-state index contributed by atoms with van der Waals surface area (Å²) in [6.07, 6.45) is 10.0. The van der Waals surface area contributed by atoms with E-state index >= 15 is 0 Å². The maximum atomic E-state index is 5.46. The van der Waals surface area contributed by atoms with Gasteiger partial charge >= 0.3 is 0 Å². The molecule has 1 fully saturated rings. The van der Waals surface area contributed by atoms with Crippen molar-refractivity contribution in [2.45, 2.75) is 32.4 Å². The van der Waals surface area contributed by atoms with Crippen LogP contribution in [0.5, 0.6) is 0 Å². The average molecular weight is 425 g/mol. The molecule has 156 valence electrons. The number of aromatic amines is 1. The van der Waals surface area contributed by atoms with E-state index in [0.29, 0.717) is 6.10 Å². The van der Waals surface area contributed by atoms with E-state index in [0.717, 1.165) is 71.6 Å². The Bertz CT molecular complexity index is 1130. The molecule has 9 nitrogen and oxygen atoms in total. The molecular formula is C20H24N8OS. The van der Waals surface area contributed by atoms with Gasteiger partial charge in [-0.3, -0.25) is 14.4 Å². The Labute approximate surface area is 178 Å². The number of nitrogens with one attached hydrogen (secondary N) is 2. The highest BCUT2D eigenvalue weighted by atomic mass is 32.1. The molecule has 5 heterocycles. The number of anilines is 2. The fourth-order valence-corrected chi connectivity index (χ4v) is 4.55. The van der Waals surface area contributed by atoms with Gasteiger partial charge in [-0.15, -0.1) is 0 Å². The third-order valence-corrected chi connectivity index (χ3v) is 6.20. The first kappa shape index (κ1) is 19.2. The molecule has 1 aliphatic heterocycles. The van der Waals surface area contributed by atoms with Crippen LogP contribution in [0.4, 0.5) is 10.8 Å². The Balaban J connectivity index is 1.34. The van der Waals surface area contributed by atoms with E-state index < -0.39 is 0 Å². The fourth-order valence-electron chi connectivity index (χ4n) is 3.89. The van der Waals surface area contributed by atoms with Crippen LogP contribution in [-0.4, -0.2) is 60.1 Å². The van der Waals surface area contributed by atoms with Crippen LogP contribution in [-0.2, 0) is 11.3 Å². The van der Waals surface area contributed by atoms with Crippen LogP contribution >= 0.6 is 11.5 Å². The Morgan fingerprint density at radius 1 is 1.30 bits per heavy atom. The van der Waals surface area contributed by atoms with Crippen molar-refractivity contribution in [1.82, 2.24) is 33.8 Å². The highest BCUT2D eigenvalue weighted by Crippen LogP contribution is 2.28. The first-order valence-electron chi connectivity index (χ1n) is 10.0. The maximum Gasteiger partial charge on any atom is 0.180 e. The lowest BCUT2D eigenvalue weighted by Crippen LogP contribution is -2.36. The molecule has 1 aliphatic rings. The summed E-state index contributed by atoms with van der Waals surface area (Å²) in [5.41, 5.74) is 4.70. The van der Waals surface area contributed by atoms with Crippen molar-refractivity contribution in [3.63, 3.8) is 0 Å². The summed E-state index contributed by atoms with van der Waals surface area (Å²) < 4.78 is 12.1. The molecule has 4 aromatic heterocycles. The number of ether oxygens (including phenoxy) is 1. The first-order chi connectivity index (χ1) is 14.7. The lowest BCUT2D eigenvalue weighted by molar-refractivity contribution is 0.0386. The van der Waals surface area contributed by atoms with Gasteiger partial charge in [0.05, 0.1) is 35.6 Å².